The van der Waals surface area contributed by atoms with Gasteiger partial charge in [-0.15, -0.1) is 0 Å². The molecule has 0 aliphatic rings. The Morgan fingerprint density at radius 1 is 1.17 bits per heavy atom. The highest BCUT2D eigenvalue weighted by Gasteiger charge is 2.44. The van der Waals surface area contributed by atoms with Crippen LogP contribution >= 0.6 is 0 Å². The zero-order valence-electron chi connectivity index (χ0n) is 7.87. The fourth-order valence-corrected chi connectivity index (χ4v) is 2.99. The molecule has 5 nitrogen and oxygen atoms in total. The van der Waals surface area contributed by atoms with Gasteiger partial charge in [0.1, 0.15) is 0 Å². The molecule has 0 aliphatic carbocycles. The molecule has 0 bridgehead atoms. The number of rotatable bonds is 6. The zero-order valence-corrected chi connectivity index (χ0v) is 8.87. The third kappa shape index (κ3) is 2.51. The first-order valence-electron chi connectivity index (χ1n) is 3.78. The van der Waals surface area contributed by atoms with Gasteiger partial charge < -0.3 is 24.7 Å². The number of hydrogen-bond donors (Lipinski definition) is 2. The van der Waals surface area contributed by atoms with Crippen LogP contribution in [0.4, 0.5) is 0 Å². The Balaban J connectivity index is 4.24. The van der Waals surface area contributed by atoms with E-state index in [0.717, 1.165) is 0 Å². The molecule has 6 heteroatoms. The summed E-state index contributed by atoms with van der Waals surface area (Å²) in [7, 11) is 1.97. The van der Waals surface area contributed by atoms with Gasteiger partial charge in [-0.25, -0.2) is 0 Å². The molecule has 1 unspecified atom stereocenters. The monoisotopic (exact) mass is 194 g/mol. The molecule has 0 aromatic heterocycles. The van der Waals surface area contributed by atoms with Crippen LogP contribution in [-0.2, 0) is 13.3 Å². The van der Waals surface area contributed by atoms with Gasteiger partial charge in [0.25, 0.3) is 0 Å². The molecule has 1 atom stereocenters. The summed E-state index contributed by atoms with van der Waals surface area (Å²) in [6.07, 6.45) is 0.641. The predicted molar refractivity (Wildman–Crippen MR) is 48.4 cm³/mol. The van der Waals surface area contributed by atoms with Crippen molar-refractivity contribution in [1.82, 2.24) is 0 Å². The summed E-state index contributed by atoms with van der Waals surface area (Å²) in [5.41, 5.74) is 10.9. The molecule has 0 amide bonds. The number of nitrogens with two attached hydrogens (primary N) is 2. The van der Waals surface area contributed by atoms with Crippen LogP contribution in [0, 0.1) is 0 Å². The number of hydrogen-bond acceptors (Lipinski definition) is 5. The van der Waals surface area contributed by atoms with E-state index in [1.54, 1.807) is 0 Å². The van der Waals surface area contributed by atoms with Crippen LogP contribution in [0.3, 0.4) is 0 Å². The van der Waals surface area contributed by atoms with Gasteiger partial charge in [0.15, 0.2) is 0 Å². The second-order valence-corrected chi connectivity index (χ2v) is 5.57. The van der Waals surface area contributed by atoms with Crippen molar-refractivity contribution < 1.29 is 13.3 Å². The van der Waals surface area contributed by atoms with E-state index in [9.17, 15) is 0 Å². The van der Waals surface area contributed by atoms with Gasteiger partial charge in [-0.05, 0) is 13.0 Å². The Hall–Kier alpha value is 0.0169. The minimum atomic E-state index is -2.64. The van der Waals surface area contributed by atoms with E-state index in [1.165, 1.54) is 21.3 Å². The topological polar surface area (TPSA) is 79.7 Å². The third-order valence-electron chi connectivity index (χ3n) is 1.79. The second-order valence-electron chi connectivity index (χ2n) is 2.40. The lowest BCUT2D eigenvalue weighted by atomic mass is 10.4. The van der Waals surface area contributed by atoms with E-state index in [-0.39, 0.29) is 5.67 Å². The standard InChI is InChI=1S/C6H18N2O3Si/c1-9-12(10-2,11-3)6(8)4-5-7/h6H,4-5,7-8H2,1-3H3. The summed E-state index contributed by atoms with van der Waals surface area (Å²) in [6.45, 7) is 0.506. The molecule has 0 aromatic carbocycles. The van der Waals surface area contributed by atoms with Crippen molar-refractivity contribution >= 4 is 8.80 Å². The lowest BCUT2D eigenvalue weighted by molar-refractivity contribution is 0.112. The minimum Gasteiger partial charge on any atom is -0.376 e. The van der Waals surface area contributed by atoms with Gasteiger partial charge in [0.2, 0.25) is 0 Å². The Morgan fingerprint density at radius 2 is 1.58 bits per heavy atom. The van der Waals surface area contributed by atoms with Crippen LogP contribution in [0.2, 0.25) is 0 Å². The SMILES string of the molecule is CO[Si](OC)(OC)C(N)CCN. The molecule has 0 aromatic rings. The van der Waals surface area contributed by atoms with E-state index >= 15 is 0 Å². The third-order valence-corrected chi connectivity index (χ3v) is 4.69. The maximum Gasteiger partial charge on any atom is 0.517 e. The van der Waals surface area contributed by atoms with Crippen molar-refractivity contribution in [2.24, 2.45) is 11.5 Å². The van der Waals surface area contributed by atoms with Crippen molar-refractivity contribution in [2.45, 2.75) is 12.1 Å². The van der Waals surface area contributed by atoms with Crippen molar-refractivity contribution in [3.8, 4) is 0 Å². The van der Waals surface area contributed by atoms with Crippen LogP contribution in [0.15, 0.2) is 0 Å². The predicted octanol–water partition coefficient (Wildman–Crippen LogP) is -0.920. The normalized spacial score (nSPS) is 14.8. The molecule has 4 N–H and O–H groups in total. The molecule has 12 heavy (non-hydrogen) atoms. The van der Waals surface area contributed by atoms with Gasteiger partial charge in [-0.2, -0.15) is 0 Å². The average molecular weight is 194 g/mol. The summed E-state index contributed by atoms with van der Waals surface area (Å²) in [6, 6.07) is 0. The molecule has 0 rings (SSSR count). The fraction of sp³-hybridized carbons (Fsp3) is 1.00. The maximum absolute atomic E-state index is 5.80. The Morgan fingerprint density at radius 3 is 1.83 bits per heavy atom. The largest absolute Gasteiger partial charge is 0.517 e. The fourth-order valence-electron chi connectivity index (χ4n) is 1.06. The van der Waals surface area contributed by atoms with E-state index in [0.29, 0.717) is 13.0 Å². The Labute approximate surface area is 74.3 Å². The highest BCUT2D eigenvalue weighted by Crippen LogP contribution is 2.11. The summed E-state index contributed by atoms with van der Waals surface area (Å²) in [5.74, 6) is 0. The molecule has 0 aliphatic heterocycles. The average Bonchev–Trinajstić information content (AvgIpc) is 2.09. The molecule has 74 valence electrons. The molecular weight excluding hydrogens is 176 g/mol. The smallest absolute Gasteiger partial charge is 0.376 e. The molecule has 0 saturated heterocycles. The lowest BCUT2D eigenvalue weighted by Crippen LogP contribution is -2.59. The van der Waals surface area contributed by atoms with E-state index in [2.05, 4.69) is 0 Å². The highest BCUT2D eigenvalue weighted by atomic mass is 28.4. The molecular formula is C6H18N2O3Si. The Kier molecular flexibility index (Phi) is 5.63. The van der Waals surface area contributed by atoms with Gasteiger partial charge in [-0.1, -0.05) is 0 Å². The summed E-state index contributed by atoms with van der Waals surface area (Å²) in [5, 5.41) is 0. The van der Waals surface area contributed by atoms with E-state index in [1.807, 2.05) is 0 Å². The summed E-state index contributed by atoms with van der Waals surface area (Å²) in [4.78, 5) is 0. The summed E-state index contributed by atoms with van der Waals surface area (Å²) >= 11 is 0. The van der Waals surface area contributed by atoms with Crippen LogP contribution in [0.1, 0.15) is 6.42 Å². The van der Waals surface area contributed by atoms with Crippen molar-refractivity contribution in [3.05, 3.63) is 0 Å². The summed E-state index contributed by atoms with van der Waals surface area (Å²) < 4.78 is 15.5. The van der Waals surface area contributed by atoms with Crippen molar-refractivity contribution in [1.29, 1.82) is 0 Å². The van der Waals surface area contributed by atoms with Crippen molar-refractivity contribution in [2.75, 3.05) is 27.9 Å². The minimum absolute atomic E-state index is 0.248. The van der Waals surface area contributed by atoms with Gasteiger partial charge in [-0.3, -0.25) is 0 Å². The quantitative estimate of drug-likeness (QED) is 0.535. The van der Waals surface area contributed by atoms with E-state index in [4.69, 9.17) is 24.7 Å². The van der Waals surface area contributed by atoms with Crippen LogP contribution in [-0.4, -0.2) is 42.3 Å². The molecule has 0 spiro atoms. The zero-order chi connectivity index (χ0) is 9.61. The second kappa shape index (κ2) is 5.63. The first-order valence-corrected chi connectivity index (χ1v) is 5.58. The first-order chi connectivity index (χ1) is 5.66. The van der Waals surface area contributed by atoms with Crippen LogP contribution in [0.25, 0.3) is 0 Å². The van der Waals surface area contributed by atoms with Crippen LogP contribution in [0.5, 0.6) is 0 Å². The van der Waals surface area contributed by atoms with Crippen LogP contribution < -0.4 is 11.5 Å². The van der Waals surface area contributed by atoms with Gasteiger partial charge in [0, 0.05) is 21.3 Å². The van der Waals surface area contributed by atoms with Gasteiger partial charge >= 0.3 is 8.80 Å². The molecule has 0 saturated carbocycles. The van der Waals surface area contributed by atoms with Gasteiger partial charge in [0.05, 0.1) is 5.67 Å². The highest BCUT2D eigenvalue weighted by molar-refractivity contribution is 6.62. The lowest BCUT2D eigenvalue weighted by Gasteiger charge is -2.29. The first kappa shape index (κ1) is 12.0. The molecule has 0 heterocycles. The Bertz CT molecular complexity index is 113. The maximum atomic E-state index is 5.80. The van der Waals surface area contributed by atoms with E-state index < -0.39 is 8.80 Å². The molecule has 0 fully saturated rings. The van der Waals surface area contributed by atoms with Crippen molar-refractivity contribution in [3.63, 3.8) is 0 Å². The molecule has 0 radical (unpaired) electrons.